The van der Waals surface area contributed by atoms with E-state index in [-0.39, 0.29) is 17.2 Å². The van der Waals surface area contributed by atoms with E-state index in [1.54, 1.807) is 24.5 Å². The number of amides is 2. The summed E-state index contributed by atoms with van der Waals surface area (Å²) in [5.74, 6) is 2.14. The molecule has 5 nitrogen and oxygen atoms in total. The van der Waals surface area contributed by atoms with E-state index in [4.69, 9.17) is 0 Å². The number of nitrogens with one attached hydrogen (secondary N) is 2. The smallest absolute Gasteiger partial charge is 0.269 e. The molecular weight excluding hydrogens is 348 g/mol. The van der Waals surface area contributed by atoms with Crippen molar-refractivity contribution in [1.82, 2.24) is 10.9 Å². The molecule has 4 fully saturated rings. The molecule has 4 saturated carbocycles. The molecule has 6 heteroatoms. The van der Waals surface area contributed by atoms with Gasteiger partial charge in [-0.2, -0.15) is 0 Å². The van der Waals surface area contributed by atoms with Crippen molar-refractivity contribution in [3.8, 4) is 0 Å². The Morgan fingerprint density at radius 3 is 2.27 bits per heavy atom. The zero-order valence-corrected chi connectivity index (χ0v) is 15.9. The van der Waals surface area contributed by atoms with Crippen molar-refractivity contribution in [3.63, 3.8) is 0 Å². The van der Waals surface area contributed by atoms with Gasteiger partial charge in [-0.05, 0) is 74.0 Å². The highest BCUT2D eigenvalue weighted by atomic mass is 32.2. The van der Waals surface area contributed by atoms with Gasteiger partial charge < -0.3 is 0 Å². The molecular formula is C20H26N2O3S. The molecule has 4 bridgehead atoms. The van der Waals surface area contributed by atoms with Crippen LogP contribution in [-0.2, 0) is 21.3 Å². The van der Waals surface area contributed by atoms with Crippen LogP contribution in [0.15, 0.2) is 24.3 Å². The zero-order chi connectivity index (χ0) is 18.3. The first-order valence-electron chi connectivity index (χ1n) is 9.43. The van der Waals surface area contributed by atoms with Crippen LogP contribution in [0.4, 0.5) is 0 Å². The fourth-order valence-corrected chi connectivity index (χ4v) is 6.39. The first-order valence-corrected chi connectivity index (χ1v) is 11.2. The average molecular weight is 375 g/mol. The monoisotopic (exact) mass is 374 g/mol. The van der Waals surface area contributed by atoms with Gasteiger partial charge in [-0.25, -0.2) is 0 Å². The van der Waals surface area contributed by atoms with Crippen LogP contribution in [0.3, 0.4) is 0 Å². The molecule has 0 aromatic heterocycles. The van der Waals surface area contributed by atoms with Gasteiger partial charge in [-0.3, -0.25) is 24.6 Å². The lowest BCUT2D eigenvalue weighted by atomic mass is 9.49. The first-order chi connectivity index (χ1) is 12.4. The topological polar surface area (TPSA) is 75.3 Å². The molecule has 1 unspecified atom stereocenters. The fraction of sp³-hybridized carbons (Fsp3) is 0.600. The minimum atomic E-state index is -0.957. The van der Waals surface area contributed by atoms with E-state index < -0.39 is 10.8 Å². The maximum atomic E-state index is 12.9. The van der Waals surface area contributed by atoms with Crippen LogP contribution < -0.4 is 10.9 Å². The Bertz CT molecular complexity index is 726. The SMILES string of the molecule is CS(=O)Cc1cccc(C(=O)NNC(=O)C23CC4CC(CC(C4)C2)C3)c1. The lowest BCUT2D eigenvalue weighted by Crippen LogP contribution is -2.56. The van der Waals surface area contributed by atoms with E-state index in [1.807, 2.05) is 6.07 Å². The molecule has 2 amide bonds. The van der Waals surface area contributed by atoms with Crippen LogP contribution in [0.1, 0.15) is 54.4 Å². The van der Waals surface area contributed by atoms with Crippen molar-refractivity contribution in [1.29, 1.82) is 0 Å². The molecule has 0 spiro atoms. The van der Waals surface area contributed by atoms with Crippen molar-refractivity contribution < 1.29 is 13.8 Å². The van der Waals surface area contributed by atoms with Crippen molar-refractivity contribution >= 4 is 22.6 Å². The van der Waals surface area contributed by atoms with Gasteiger partial charge in [0.2, 0.25) is 5.91 Å². The molecule has 4 aliphatic rings. The van der Waals surface area contributed by atoms with Crippen LogP contribution in [-0.4, -0.2) is 22.3 Å². The Morgan fingerprint density at radius 1 is 1.08 bits per heavy atom. The second-order valence-corrected chi connectivity index (χ2v) is 9.96. The number of rotatable bonds is 4. The predicted molar refractivity (Wildman–Crippen MR) is 100 cm³/mol. The number of hydrogen-bond donors (Lipinski definition) is 2. The van der Waals surface area contributed by atoms with Crippen LogP contribution in [0, 0.1) is 23.2 Å². The molecule has 0 saturated heterocycles. The maximum absolute atomic E-state index is 12.9. The van der Waals surface area contributed by atoms with Gasteiger partial charge in [-0.1, -0.05) is 12.1 Å². The number of hydrogen-bond acceptors (Lipinski definition) is 3. The summed E-state index contributed by atoms with van der Waals surface area (Å²) in [6, 6.07) is 7.06. The molecule has 4 aliphatic carbocycles. The van der Waals surface area contributed by atoms with E-state index in [1.165, 1.54) is 19.3 Å². The highest BCUT2D eigenvalue weighted by molar-refractivity contribution is 7.83. The summed E-state index contributed by atoms with van der Waals surface area (Å²) in [6.07, 6.45) is 8.40. The summed E-state index contributed by atoms with van der Waals surface area (Å²) in [4.78, 5) is 25.3. The standard InChI is InChI=1S/C20H26N2O3S/c1-26(25)12-13-3-2-4-17(8-13)18(23)21-22-19(24)20-9-14-5-15(10-20)7-16(6-14)11-20/h2-4,8,14-16H,5-7,9-12H2,1H3,(H,21,23)(H,22,24). The number of benzene rings is 1. The second-order valence-electron chi connectivity index (χ2n) is 8.52. The van der Waals surface area contributed by atoms with Gasteiger partial charge in [-0.15, -0.1) is 0 Å². The summed E-state index contributed by atoms with van der Waals surface area (Å²) in [5.41, 5.74) is 6.34. The normalized spacial score (nSPS) is 32.9. The van der Waals surface area contributed by atoms with E-state index in [2.05, 4.69) is 10.9 Å². The first kappa shape index (κ1) is 17.7. The van der Waals surface area contributed by atoms with Gasteiger partial charge in [0.1, 0.15) is 0 Å². The van der Waals surface area contributed by atoms with Crippen LogP contribution in [0.2, 0.25) is 0 Å². The number of hydrazine groups is 1. The van der Waals surface area contributed by atoms with Crippen molar-refractivity contribution in [3.05, 3.63) is 35.4 Å². The van der Waals surface area contributed by atoms with Crippen molar-refractivity contribution in [2.75, 3.05) is 6.26 Å². The average Bonchev–Trinajstić information content (AvgIpc) is 2.57. The molecule has 0 heterocycles. The van der Waals surface area contributed by atoms with Crippen LogP contribution in [0.25, 0.3) is 0 Å². The lowest BCUT2D eigenvalue weighted by Gasteiger charge is -2.55. The summed E-state index contributed by atoms with van der Waals surface area (Å²) < 4.78 is 11.4. The highest BCUT2D eigenvalue weighted by Gasteiger charge is 2.54. The number of carbonyl (C=O) groups is 2. The van der Waals surface area contributed by atoms with E-state index >= 15 is 0 Å². The van der Waals surface area contributed by atoms with Crippen molar-refractivity contribution in [2.45, 2.75) is 44.3 Å². The van der Waals surface area contributed by atoms with Gasteiger partial charge >= 0.3 is 0 Å². The molecule has 1 atom stereocenters. The molecule has 5 rings (SSSR count). The summed E-state index contributed by atoms with van der Waals surface area (Å²) in [6.45, 7) is 0. The maximum Gasteiger partial charge on any atom is 0.269 e. The Labute approximate surface area is 156 Å². The highest BCUT2D eigenvalue weighted by Crippen LogP contribution is 2.60. The molecule has 0 aliphatic heterocycles. The summed E-state index contributed by atoms with van der Waals surface area (Å²) in [5, 5.41) is 0. The quantitative estimate of drug-likeness (QED) is 0.796. The van der Waals surface area contributed by atoms with E-state index in [9.17, 15) is 13.8 Å². The Kier molecular flexibility index (Phi) is 4.63. The van der Waals surface area contributed by atoms with Gasteiger partial charge in [0.15, 0.2) is 0 Å². The molecule has 1 aromatic carbocycles. The Balaban J connectivity index is 1.39. The van der Waals surface area contributed by atoms with Crippen molar-refractivity contribution in [2.24, 2.45) is 23.2 Å². The summed E-state index contributed by atoms with van der Waals surface area (Å²) in [7, 11) is -0.957. The van der Waals surface area contributed by atoms with Crippen LogP contribution in [0.5, 0.6) is 0 Å². The summed E-state index contributed by atoms with van der Waals surface area (Å²) >= 11 is 0. The molecule has 2 N–H and O–H groups in total. The zero-order valence-electron chi connectivity index (χ0n) is 15.1. The van der Waals surface area contributed by atoms with Gasteiger partial charge in [0.05, 0.1) is 5.41 Å². The fourth-order valence-electron chi connectivity index (χ4n) is 5.74. The molecule has 140 valence electrons. The Morgan fingerprint density at radius 2 is 1.69 bits per heavy atom. The largest absolute Gasteiger partial charge is 0.273 e. The number of carbonyl (C=O) groups excluding carboxylic acids is 2. The molecule has 0 radical (unpaired) electrons. The molecule has 26 heavy (non-hydrogen) atoms. The third-order valence-corrected chi connectivity index (χ3v) is 7.11. The predicted octanol–water partition coefficient (Wildman–Crippen LogP) is 2.54. The van der Waals surface area contributed by atoms with E-state index in [0.29, 0.717) is 29.1 Å². The van der Waals surface area contributed by atoms with E-state index in [0.717, 1.165) is 24.8 Å². The molecule has 1 aromatic rings. The minimum absolute atomic E-state index is 0.0178. The van der Waals surface area contributed by atoms with Gasteiger partial charge in [0.25, 0.3) is 5.91 Å². The van der Waals surface area contributed by atoms with Crippen LogP contribution >= 0.6 is 0 Å². The second kappa shape index (κ2) is 6.80. The minimum Gasteiger partial charge on any atom is -0.273 e. The third-order valence-electron chi connectivity index (χ3n) is 6.37. The Hall–Kier alpha value is -1.69. The lowest BCUT2D eigenvalue weighted by molar-refractivity contribution is -0.147. The van der Waals surface area contributed by atoms with Gasteiger partial charge in [0, 0.05) is 28.4 Å². The third kappa shape index (κ3) is 3.43.